The van der Waals surface area contributed by atoms with Crippen molar-refractivity contribution >= 4 is 33.7 Å². The van der Waals surface area contributed by atoms with E-state index in [9.17, 15) is 4.79 Å². The van der Waals surface area contributed by atoms with E-state index in [-0.39, 0.29) is 0 Å². The zero-order valence-corrected chi connectivity index (χ0v) is 12.2. The number of carboxylic acid groups (broad SMARTS) is 1. The smallest absolute Gasteiger partial charge is 0.336 e. The molecule has 0 aliphatic heterocycles. The molecule has 1 unspecified atom stereocenters. The molecule has 0 amide bonds. The Bertz CT molecular complexity index is 395. The second-order valence-corrected chi connectivity index (χ2v) is 6.05. The van der Waals surface area contributed by atoms with E-state index in [1.165, 1.54) is 0 Å². The van der Waals surface area contributed by atoms with Gasteiger partial charge < -0.3 is 9.84 Å². The molecule has 0 spiro atoms. The molecule has 1 rings (SSSR count). The van der Waals surface area contributed by atoms with Crippen molar-refractivity contribution in [3.05, 3.63) is 28.2 Å². The first kappa shape index (κ1) is 14.5. The largest absolute Gasteiger partial charge is 0.478 e. The van der Waals surface area contributed by atoms with Crippen molar-refractivity contribution in [1.29, 1.82) is 0 Å². The molecular formula is C12H15BrO3S. The molecule has 17 heavy (non-hydrogen) atoms. The van der Waals surface area contributed by atoms with Gasteiger partial charge >= 0.3 is 5.97 Å². The van der Waals surface area contributed by atoms with E-state index >= 15 is 0 Å². The van der Waals surface area contributed by atoms with E-state index in [1.54, 1.807) is 31.0 Å². The molecule has 3 nitrogen and oxygen atoms in total. The Morgan fingerprint density at radius 2 is 2.29 bits per heavy atom. The van der Waals surface area contributed by atoms with E-state index in [0.717, 1.165) is 15.8 Å². The number of aromatic carboxylic acids is 1. The van der Waals surface area contributed by atoms with Crippen LogP contribution in [-0.2, 0) is 4.74 Å². The Morgan fingerprint density at radius 3 is 2.88 bits per heavy atom. The lowest BCUT2D eigenvalue weighted by Gasteiger charge is -2.12. The minimum Gasteiger partial charge on any atom is -0.478 e. The molecule has 5 heteroatoms. The van der Waals surface area contributed by atoms with E-state index in [1.807, 2.05) is 6.07 Å². The first-order chi connectivity index (χ1) is 8.04. The minimum absolute atomic E-state index is 0.322. The quantitative estimate of drug-likeness (QED) is 0.813. The molecule has 1 aromatic rings. The Morgan fingerprint density at radius 1 is 1.59 bits per heavy atom. The number of rotatable bonds is 6. The lowest BCUT2D eigenvalue weighted by molar-refractivity contribution is 0.0693. The van der Waals surface area contributed by atoms with Crippen LogP contribution in [0.25, 0.3) is 0 Å². The lowest BCUT2D eigenvalue weighted by Crippen LogP contribution is -2.04. The molecule has 0 radical (unpaired) electrons. The third kappa shape index (κ3) is 4.69. The number of halogens is 1. The van der Waals surface area contributed by atoms with Gasteiger partial charge in [-0.25, -0.2) is 4.79 Å². The summed E-state index contributed by atoms with van der Waals surface area (Å²) < 4.78 is 5.91. The minimum atomic E-state index is -0.890. The predicted octanol–water partition coefficient (Wildman–Crippen LogP) is 3.66. The van der Waals surface area contributed by atoms with Gasteiger partial charge in [0.1, 0.15) is 0 Å². The summed E-state index contributed by atoms with van der Waals surface area (Å²) in [5, 5.41) is 9.41. The van der Waals surface area contributed by atoms with Gasteiger partial charge in [0, 0.05) is 28.3 Å². The number of hydrogen-bond acceptors (Lipinski definition) is 3. The fourth-order valence-corrected chi connectivity index (χ4v) is 2.97. The van der Waals surface area contributed by atoms with Crippen LogP contribution in [0.4, 0.5) is 0 Å². The first-order valence-electron chi connectivity index (χ1n) is 5.23. The maximum absolute atomic E-state index is 11.1. The van der Waals surface area contributed by atoms with Gasteiger partial charge in [-0.3, -0.25) is 0 Å². The van der Waals surface area contributed by atoms with Gasteiger partial charge in [-0.2, -0.15) is 0 Å². The van der Waals surface area contributed by atoms with Crippen LogP contribution in [0.15, 0.2) is 27.6 Å². The summed E-state index contributed by atoms with van der Waals surface area (Å²) in [6.45, 7) is 2.75. The summed E-state index contributed by atoms with van der Waals surface area (Å²) in [4.78, 5) is 11.9. The molecule has 94 valence electrons. The molecule has 1 N–H and O–H groups in total. The number of benzene rings is 1. The summed E-state index contributed by atoms with van der Waals surface area (Å²) in [6.07, 6.45) is 0.896. The summed E-state index contributed by atoms with van der Waals surface area (Å²) in [5.41, 5.74) is 0.350. The Kier molecular flexibility index (Phi) is 6.02. The molecule has 0 bridgehead atoms. The average molecular weight is 319 g/mol. The molecule has 0 heterocycles. The van der Waals surface area contributed by atoms with Crippen LogP contribution in [-0.4, -0.2) is 30.0 Å². The summed E-state index contributed by atoms with van der Waals surface area (Å²) >= 11 is 4.92. The topological polar surface area (TPSA) is 46.5 Å². The summed E-state index contributed by atoms with van der Waals surface area (Å²) in [7, 11) is 1.67. The maximum atomic E-state index is 11.1. The van der Waals surface area contributed by atoms with Crippen LogP contribution >= 0.6 is 27.7 Å². The molecule has 0 aromatic heterocycles. The van der Waals surface area contributed by atoms with Gasteiger partial charge in [0.15, 0.2) is 0 Å². The molecule has 1 atom stereocenters. The SMILES string of the molecule is COCCC(C)Sc1cc(Br)ccc1C(=O)O. The highest BCUT2D eigenvalue weighted by molar-refractivity contribution is 9.10. The van der Waals surface area contributed by atoms with Gasteiger partial charge in [-0.15, -0.1) is 11.8 Å². The van der Waals surface area contributed by atoms with Crippen molar-refractivity contribution in [2.75, 3.05) is 13.7 Å². The maximum Gasteiger partial charge on any atom is 0.336 e. The van der Waals surface area contributed by atoms with Gasteiger partial charge in [0.05, 0.1) is 5.56 Å². The van der Waals surface area contributed by atoms with Crippen LogP contribution in [0.5, 0.6) is 0 Å². The van der Waals surface area contributed by atoms with Gasteiger partial charge in [0.25, 0.3) is 0 Å². The number of ether oxygens (including phenoxy) is 1. The average Bonchev–Trinajstić information content (AvgIpc) is 2.26. The molecule has 0 saturated heterocycles. The van der Waals surface area contributed by atoms with Crippen molar-refractivity contribution in [3.63, 3.8) is 0 Å². The van der Waals surface area contributed by atoms with Crippen LogP contribution < -0.4 is 0 Å². The monoisotopic (exact) mass is 318 g/mol. The standard InChI is InChI=1S/C12H15BrO3S/c1-8(5-6-16-2)17-11-7-9(13)3-4-10(11)12(14)15/h3-4,7-8H,5-6H2,1-2H3,(H,14,15). The zero-order valence-electron chi connectivity index (χ0n) is 9.77. The fraction of sp³-hybridized carbons (Fsp3) is 0.417. The van der Waals surface area contributed by atoms with Gasteiger partial charge in [-0.05, 0) is 24.6 Å². The van der Waals surface area contributed by atoms with Crippen LogP contribution in [0, 0.1) is 0 Å². The molecule has 0 aliphatic carbocycles. The van der Waals surface area contributed by atoms with Crippen molar-refractivity contribution in [2.45, 2.75) is 23.5 Å². The van der Waals surface area contributed by atoms with Crippen molar-refractivity contribution in [2.24, 2.45) is 0 Å². The number of carbonyl (C=O) groups is 1. The molecule has 0 aliphatic rings. The van der Waals surface area contributed by atoms with Crippen molar-refractivity contribution in [1.82, 2.24) is 0 Å². The molecular weight excluding hydrogens is 304 g/mol. The second-order valence-electron chi connectivity index (χ2n) is 3.66. The van der Waals surface area contributed by atoms with Gasteiger partial charge in [-0.1, -0.05) is 22.9 Å². The first-order valence-corrected chi connectivity index (χ1v) is 6.90. The van der Waals surface area contributed by atoms with E-state index in [2.05, 4.69) is 22.9 Å². The van der Waals surface area contributed by atoms with E-state index in [0.29, 0.717) is 17.4 Å². The van der Waals surface area contributed by atoms with E-state index < -0.39 is 5.97 Å². The molecule has 1 aromatic carbocycles. The van der Waals surface area contributed by atoms with Crippen molar-refractivity contribution in [3.8, 4) is 0 Å². The Balaban J connectivity index is 2.81. The lowest BCUT2D eigenvalue weighted by atomic mass is 10.2. The second kappa shape index (κ2) is 7.03. The normalized spacial score (nSPS) is 12.4. The van der Waals surface area contributed by atoms with Crippen LogP contribution in [0.1, 0.15) is 23.7 Å². The Hall–Kier alpha value is -0.520. The predicted molar refractivity (Wildman–Crippen MR) is 72.9 cm³/mol. The molecule has 0 saturated carbocycles. The number of carboxylic acids is 1. The highest BCUT2D eigenvalue weighted by Crippen LogP contribution is 2.31. The summed E-state index contributed by atoms with van der Waals surface area (Å²) in [5.74, 6) is -0.890. The number of methoxy groups -OCH3 is 1. The van der Waals surface area contributed by atoms with Crippen LogP contribution in [0.3, 0.4) is 0 Å². The van der Waals surface area contributed by atoms with Gasteiger partial charge in [0.2, 0.25) is 0 Å². The highest BCUT2D eigenvalue weighted by Gasteiger charge is 2.13. The van der Waals surface area contributed by atoms with Crippen LogP contribution in [0.2, 0.25) is 0 Å². The third-order valence-corrected chi connectivity index (χ3v) is 3.95. The zero-order chi connectivity index (χ0) is 12.8. The Labute approximate surface area is 114 Å². The molecule has 0 fully saturated rings. The fourth-order valence-electron chi connectivity index (χ4n) is 1.33. The van der Waals surface area contributed by atoms with Crippen molar-refractivity contribution < 1.29 is 14.6 Å². The number of hydrogen-bond donors (Lipinski definition) is 1. The summed E-state index contributed by atoms with van der Waals surface area (Å²) in [6, 6.07) is 5.21. The number of thioether (sulfide) groups is 1. The highest BCUT2D eigenvalue weighted by atomic mass is 79.9. The third-order valence-electron chi connectivity index (χ3n) is 2.23. The van der Waals surface area contributed by atoms with E-state index in [4.69, 9.17) is 9.84 Å².